The Kier molecular flexibility index (Phi) is 4.23. The van der Waals surface area contributed by atoms with E-state index in [1.807, 2.05) is 0 Å². The number of nitrogens with zero attached hydrogens (tertiary/aromatic N) is 4. The summed E-state index contributed by atoms with van der Waals surface area (Å²) >= 11 is 5.73. The van der Waals surface area contributed by atoms with E-state index in [4.69, 9.17) is 16.7 Å². The Morgan fingerprint density at radius 2 is 2.17 bits per heavy atom. The number of hydrogen-bond donors (Lipinski definition) is 1. The van der Waals surface area contributed by atoms with Crippen LogP contribution in [0.3, 0.4) is 0 Å². The smallest absolute Gasteiger partial charge is 0.308 e. The average molecular weight is 353 g/mol. The second-order valence-electron chi connectivity index (χ2n) is 5.59. The first-order valence-electron chi connectivity index (χ1n) is 7.30. The van der Waals surface area contributed by atoms with Crippen LogP contribution in [0, 0.1) is 11.7 Å². The molecule has 0 spiro atoms. The summed E-state index contributed by atoms with van der Waals surface area (Å²) in [6, 6.07) is 3.98. The van der Waals surface area contributed by atoms with E-state index < -0.39 is 29.7 Å². The Morgan fingerprint density at radius 3 is 2.83 bits per heavy atom. The van der Waals surface area contributed by atoms with Crippen molar-refractivity contribution in [2.24, 2.45) is 5.92 Å². The van der Waals surface area contributed by atoms with Crippen LogP contribution in [0.1, 0.15) is 23.8 Å². The molecule has 7 nitrogen and oxygen atoms in total. The zero-order valence-electron chi connectivity index (χ0n) is 12.7. The lowest BCUT2D eigenvalue weighted by Gasteiger charge is -2.21. The molecule has 1 fully saturated rings. The van der Waals surface area contributed by atoms with Crippen LogP contribution in [-0.2, 0) is 4.79 Å². The predicted molar refractivity (Wildman–Crippen MR) is 82.6 cm³/mol. The van der Waals surface area contributed by atoms with Gasteiger partial charge in [0.15, 0.2) is 11.5 Å². The van der Waals surface area contributed by atoms with Crippen molar-refractivity contribution in [1.82, 2.24) is 19.9 Å². The molecule has 9 heteroatoms. The molecule has 1 amide bonds. The number of halogens is 2. The van der Waals surface area contributed by atoms with Crippen LogP contribution in [0.25, 0.3) is 5.69 Å². The Hall–Kier alpha value is -2.48. The van der Waals surface area contributed by atoms with E-state index in [0.29, 0.717) is 13.0 Å². The van der Waals surface area contributed by atoms with Gasteiger partial charge in [0.05, 0.1) is 17.1 Å². The molecule has 1 aromatic heterocycles. The van der Waals surface area contributed by atoms with E-state index in [1.54, 1.807) is 13.0 Å². The van der Waals surface area contributed by atoms with Gasteiger partial charge in [-0.05, 0) is 25.5 Å². The molecule has 1 N–H and O–H groups in total. The van der Waals surface area contributed by atoms with Crippen molar-refractivity contribution in [1.29, 1.82) is 0 Å². The van der Waals surface area contributed by atoms with Crippen LogP contribution in [0.4, 0.5) is 4.39 Å². The van der Waals surface area contributed by atoms with Gasteiger partial charge in [-0.1, -0.05) is 22.9 Å². The maximum atomic E-state index is 14.0. The van der Waals surface area contributed by atoms with E-state index in [-0.39, 0.29) is 16.4 Å². The molecular formula is C15H14ClFN4O3. The van der Waals surface area contributed by atoms with Gasteiger partial charge in [-0.3, -0.25) is 9.59 Å². The molecule has 1 aromatic carbocycles. The Bertz CT molecular complexity index is 810. The zero-order chi connectivity index (χ0) is 17.4. The van der Waals surface area contributed by atoms with Gasteiger partial charge in [0.1, 0.15) is 5.69 Å². The van der Waals surface area contributed by atoms with Crippen LogP contribution in [0.15, 0.2) is 24.4 Å². The number of amides is 1. The fourth-order valence-corrected chi connectivity index (χ4v) is 3.02. The lowest BCUT2D eigenvalue weighted by Crippen LogP contribution is -2.37. The van der Waals surface area contributed by atoms with Crippen LogP contribution in [-0.4, -0.2) is 49.5 Å². The van der Waals surface area contributed by atoms with Gasteiger partial charge >= 0.3 is 5.97 Å². The minimum absolute atomic E-state index is 0.0206. The highest BCUT2D eigenvalue weighted by atomic mass is 35.5. The van der Waals surface area contributed by atoms with Crippen molar-refractivity contribution in [3.63, 3.8) is 0 Å². The van der Waals surface area contributed by atoms with E-state index in [2.05, 4.69) is 10.3 Å². The van der Waals surface area contributed by atoms with Gasteiger partial charge in [-0.25, -0.2) is 9.07 Å². The monoisotopic (exact) mass is 352 g/mol. The van der Waals surface area contributed by atoms with Crippen LogP contribution < -0.4 is 0 Å². The molecule has 3 rings (SSSR count). The zero-order valence-corrected chi connectivity index (χ0v) is 13.4. The molecule has 0 bridgehead atoms. The summed E-state index contributed by atoms with van der Waals surface area (Å²) in [5.74, 6) is -2.62. The number of carbonyl (C=O) groups excluding carboxylic acids is 1. The van der Waals surface area contributed by atoms with Crippen molar-refractivity contribution >= 4 is 23.5 Å². The second-order valence-corrected chi connectivity index (χ2v) is 6.00. The lowest BCUT2D eigenvalue weighted by molar-refractivity contribution is -0.142. The highest BCUT2D eigenvalue weighted by Crippen LogP contribution is 2.26. The van der Waals surface area contributed by atoms with Crippen molar-refractivity contribution in [3.05, 3.63) is 40.9 Å². The molecule has 126 valence electrons. The largest absolute Gasteiger partial charge is 0.481 e. The molecule has 2 aromatic rings. The predicted octanol–water partition coefficient (Wildman–Crippen LogP) is 1.99. The first-order chi connectivity index (χ1) is 11.4. The van der Waals surface area contributed by atoms with Gasteiger partial charge in [0, 0.05) is 12.6 Å². The van der Waals surface area contributed by atoms with E-state index in [9.17, 15) is 14.0 Å². The highest BCUT2D eigenvalue weighted by molar-refractivity contribution is 6.30. The number of carbonyl (C=O) groups is 2. The van der Waals surface area contributed by atoms with Crippen LogP contribution >= 0.6 is 11.6 Å². The summed E-state index contributed by atoms with van der Waals surface area (Å²) < 4.78 is 15.1. The fourth-order valence-electron chi connectivity index (χ4n) is 2.85. The fraction of sp³-hybridized carbons (Fsp3) is 0.333. The van der Waals surface area contributed by atoms with Gasteiger partial charge in [-0.2, -0.15) is 0 Å². The third-order valence-electron chi connectivity index (χ3n) is 4.22. The second kappa shape index (κ2) is 6.20. The summed E-state index contributed by atoms with van der Waals surface area (Å²) in [6.07, 6.45) is 1.69. The number of carboxylic acid groups (broad SMARTS) is 1. The van der Waals surface area contributed by atoms with Crippen molar-refractivity contribution < 1.29 is 19.1 Å². The third kappa shape index (κ3) is 2.73. The number of aromatic nitrogens is 3. The molecule has 2 heterocycles. The molecule has 0 radical (unpaired) electrons. The third-order valence-corrected chi connectivity index (χ3v) is 4.52. The summed E-state index contributed by atoms with van der Waals surface area (Å²) in [5, 5.41) is 16.6. The molecule has 0 saturated carbocycles. The minimum Gasteiger partial charge on any atom is -0.481 e. The van der Waals surface area contributed by atoms with Crippen molar-refractivity contribution in [2.45, 2.75) is 19.4 Å². The van der Waals surface area contributed by atoms with Gasteiger partial charge < -0.3 is 10.0 Å². The van der Waals surface area contributed by atoms with Gasteiger partial charge in [-0.15, -0.1) is 5.10 Å². The highest BCUT2D eigenvalue weighted by Gasteiger charge is 2.39. The van der Waals surface area contributed by atoms with Gasteiger partial charge in [0.25, 0.3) is 5.91 Å². The summed E-state index contributed by atoms with van der Waals surface area (Å²) in [6.45, 7) is 2.01. The molecule has 1 aliphatic heterocycles. The molecular weight excluding hydrogens is 339 g/mol. The van der Waals surface area contributed by atoms with Crippen LogP contribution in [0.2, 0.25) is 5.02 Å². The Morgan fingerprint density at radius 1 is 1.42 bits per heavy atom. The first kappa shape index (κ1) is 16.4. The topological polar surface area (TPSA) is 88.3 Å². The molecule has 2 unspecified atom stereocenters. The first-order valence-corrected chi connectivity index (χ1v) is 7.68. The Balaban J connectivity index is 1.85. The van der Waals surface area contributed by atoms with E-state index >= 15 is 0 Å². The number of likely N-dealkylation sites (tertiary alicyclic amines) is 1. The van der Waals surface area contributed by atoms with Gasteiger partial charge in [0.2, 0.25) is 0 Å². The van der Waals surface area contributed by atoms with Crippen molar-refractivity contribution in [2.75, 3.05) is 6.54 Å². The van der Waals surface area contributed by atoms with E-state index in [1.165, 1.54) is 23.2 Å². The summed E-state index contributed by atoms with van der Waals surface area (Å²) in [5.41, 5.74) is 0.0965. The minimum atomic E-state index is -0.928. The summed E-state index contributed by atoms with van der Waals surface area (Å²) in [7, 11) is 0. The standard InChI is InChI=1S/C15H14ClFN4O3/c1-8-9(15(23)24)5-6-20(8)14(22)11-7-21(19-18-11)12-4-2-3-10(16)13(12)17/h2-4,7-9H,5-6H2,1H3,(H,23,24). The number of aliphatic carboxylic acids is 1. The van der Waals surface area contributed by atoms with Crippen molar-refractivity contribution in [3.8, 4) is 5.69 Å². The molecule has 1 aliphatic rings. The number of hydrogen-bond acceptors (Lipinski definition) is 4. The molecule has 1 saturated heterocycles. The maximum absolute atomic E-state index is 14.0. The van der Waals surface area contributed by atoms with Crippen LogP contribution in [0.5, 0.6) is 0 Å². The quantitative estimate of drug-likeness (QED) is 0.912. The molecule has 24 heavy (non-hydrogen) atoms. The Labute approximate surface area is 141 Å². The number of carboxylic acids is 1. The molecule has 2 atom stereocenters. The lowest BCUT2D eigenvalue weighted by atomic mass is 10.0. The number of rotatable bonds is 3. The maximum Gasteiger partial charge on any atom is 0.308 e. The normalized spacial score (nSPS) is 20.4. The molecule has 0 aliphatic carbocycles. The average Bonchev–Trinajstić information content (AvgIpc) is 3.16. The summed E-state index contributed by atoms with van der Waals surface area (Å²) in [4.78, 5) is 25.1. The van der Waals surface area contributed by atoms with E-state index in [0.717, 1.165) is 4.68 Å². The SMILES string of the molecule is CC1C(C(=O)O)CCN1C(=O)c1cn(-c2cccc(Cl)c2F)nn1. The number of benzene rings is 1.